The standard InChI is InChI=1S/C16H27NO3/c1-11-9-13(14(18)12-7-5-6-8-12)17(10-11)15(19)20-16(2,3)4/h11-13H,5-10H2,1-4H3/t11-,13-/m0/s1. The lowest BCUT2D eigenvalue weighted by molar-refractivity contribution is -0.127. The molecule has 114 valence electrons. The van der Waals surface area contributed by atoms with E-state index in [1.807, 2.05) is 20.8 Å². The molecule has 1 heterocycles. The number of ether oxygens (including phenoxy) is 1. The Balaban J connectivity index is 2.06. The summed E-state index contributed by atoms with van der Waals surface area (Å²) in [6.07, 6.45) is 4.72. The van der Waals surface area contributed by atoms with Gasteiger partial charge in [-0.2, -0.15) is 0 Å². The summed E-state index contributed by atoms with van der Waals surface area (Å²) in [5.74, 6) is 0.797. The lowest BCUT2D eigenvalue weighted by Gasteiger charge is -2.29. The number of hydrogen-bond donors (Lipinski definition) is 0. The average molecular weight is 281 g/mol. The molecular weight excluding hydrogens is 254 g/mol. The Morgan fingerprint density at radius 1 is 1.15 bits per heavy atom. The number of carbonyl (C=O) groups excluding carboxylic acids is 2. The highest BCUT2D eigenvalue weighted by molar-refractivity contribution is 5.90. The first-order valence-electron chi connectivity index (χ1n) is 7.81. The molecule has 0 N–H and O–H groups in total. The van der Waals surface area contributed by atoms with E-state index in [1.165, 1.54) is 0 Å². The van der Waals surface area contributed by atoms with Crippen LogP contribution in [-0.4, -0.2) is 35.0 Å². The van der Waals surface area contributed by atoms with Crippen LogP contribution in [-0.2, 0) is 9.53 Å². The zero-order valence-electron chi connectivity index (χ0n) is 13.1. The number of carbonyl (C=O) groups is 2. The van der Waals surface area contributed by atoms with Crippen LogP contribution in [0.4, 0.5) is 4.79 Å². The second kappa shape index (κ2) is 5.74. The van der Waals surface area contributed by atoms with Crippen LogP contribution in [0.15, 0.2) is 0 Å². The molecule has 4 nitrogen and oxygen atoms in total. The second-order valence-corrected chi connectivity index (χ2v) is 7.37. The largest absolute Gasteiger partial charge is 0.444 e. The average Bonchev–Trinajstić information content (AvgIpc) is 2.94. The van der Waals surface area contributed by atoms with Gasteiger partial charge in [0, 0.05) is 12.5 Å². The van der Waals surface area contributed by atoms with Gasteiger partial charge in [0.1, 0.15) is 5.60 Å². The van der Waals surface area contributed by atoms with Crippen molar-refractivity contribution < 1.29 is 14.3 Å². The molecule has 1 aliphatic carbocycles. The van der Waals surface area contributed by atoms with E-state index in [0.29, 0.717) is 12.5 Å². The van der Waals surface area contributed by atoms with E-state index in [4.69, 9.17) is 4.74 Å². The van der Waals surface area contributed by atoms with Crippen LogP contribution in [0.1, 0.15) is 59.8 Å². The minimum atomic E-state index is -0.510. The summed E-state index contributed by atoms with van der Waals surface area (Å²) in [6.45, 7) is 8.31. The Labute approximate surface area is 121 Å². The maximum absolute atomic E-state index is 12.6. The zero-order valence-corrected chi connectivity index (χ0v) is 13.1. The third-order valence-electron chi connectivity index (χ3n) is 4.22. The molecule has 2 rings (SSSR count). The Morgan fingerprint density at radius 3 is 2.30 bits per heavy atom. The monoisotopic (exact) mass is 281 g/mol. The fourth-order valence-corrected chi connectivity index (χ4v) is 3.32. The molecule has 0 spiro atoms. The van der Waals surface area contributed by atoms with Crippen LogP contribution in [0, 0.1) is 11.8 Å². The summed E-state index contributed by atoms with van der Waals surface area (Å²) in [5, 5.41) is 0. The van der Waals surface area contributed by atoms with Crippen molar-refractivity contribution in [2.24, 2.45) is 11.8 Å². The van der Waals surface area contributed by atoms with Gasteiger partial charge in [-0.25, -0.2) is 4.79 Å². The Morgan fingerprint density at radius 2 is 1.75 bits per heavy atom. The molecular formula is C16H27NO3. The molecule has 4 heteroatoms. The van der Waals surface area contributed by atoms with Gasteiger partial charge in [0.15, 0.2) is 5.78 Å². The lowest BCUT2D eigenvalue weighted by Crippen LogP contribution is -2.45. The van der Waals surface area contributed by atoms with E-state index in [0.717, 1.165) is 32.1 Å². The van der Waals surface area contributed by atoms with Crippen LogP contribution in [0.2, 0.25) is 0 Å². The third kappa shape index (κ3) is 3.53. The fourth-order valence-electron chi connectivity index (χ4n) is 3.32. The number of Topliss-reactive ketones (excluding diaryl/α,β-unsaturated/α-hetero) is 1. The van der Waals surface area contributed by atoms with E-state index in [1.54, 1.807) is 4.90 Å². The molecule has 0 aromatic rings. The summed E-state index contributed by atoms with van der Waals surface area (Å²) >= 11 is 0. The molecule has 0 unspecified atom stereocenters. The maximum atomic E-state index is 12.6. The van der Waals surface area contributed by atoms with Crippen LogP contribution in [0.25, 0.3) is 0 Å². The van der Waals surface area contributed by atoms with Crippen LogP contribution >= 0.6 is 0 Å². The molecule has 0 bridgehead atoms. The van der Waals surface area contributed by atoms with Gasteiger partial charge in [0.25, 0.3) is 0 Å². The number of ketones is 1. The molecule has 2 aliphatic rings. The smallest absolute Gasteiger partial charge is 0.410 e. The molecule has 1 saturated heterocycles. The minimum absolute atomic E-state index is 0.162. The van der Waals surface area contributed by atoms with Crippen molar-refractivity contribution in [1.82, 2.24) is 4.90 Å². The van der Waals surface area contributed by atoms with Crippen LogP contribution in [0.3, 0.4) is 0 Å². The summed E-state index contributed by atoms with van der Waals surface area (Å²) in [4.78, 5) is 26.6. The van der Waals surface area contributed by atoms with E-state index >= 15 is 0 Å². The first kappa shape index (κ1) is 15.3. The van der Waals surface area contributed by atoms with Crippen LogP contribution < -0.4 is 0 Å². The van der Waals surface area contributed by atoms with Crippen molar-refractivity contribution in [2.45, 2.75) is 71.4 Å². The topological polar surface area (TPSA) is 46.6 Å². The molecule has 20 heavy (non-hydrogen) atoms. The normalized spacial score (nSPS) is 27.9. The molecule has 1 amide bonds. The highest BCUT2D eigenvalue weighted by Gasteiger charge is 2.42. The maximum Gasteiger partial charge on any atom is 0.410 e. The van der Waals surface area contributed by atoms with Crippen LogP contribution in [0.5, 0.6) is 0 Å². The summed E-state index contributed by atoms with van der Waals surface area (Å²) in [7, 11) is 0. The fraction of sp³-hybridized carbons (Fsp3) is 0.875. The highest BCUT2D eigenvalue weighted by atomic mass is 16.6. The lowest BCUT2D eigenvalue weighted by atomic mass is 9.93. The van der Waals surface area contributed by atoms with E-state index in [9.17, 15) is 9.59 Å². The minimum Gasteiger partial charge on any atom is -0.444 e. The second-order valence-electron chi connectivity index (χ2n) is 7.37. The first-order chi connectivity index (χ1) is 9.28. The Bertz CT molecular complexity index is 380. The van der Waals surface area contributed by atoms with Gasteiger partial charge < -0.3 is 4.74 Å². The molecule has 0 aromatic heterocycles. The van der Waals surface area contributed by atoms with Gasteiger partial charge in [-0.05, 0) is 46.0 Å². The first-order valence-corrected chi connectivity index (χ1v) is 7.81. The van der Waals surface area contributed by atoms with Gasteiger partial charge in [-0.15, -0.1) is 0 Å². The van der Waals surface area contributed by atoms with Crippen molar-refractivity contribution in [1.29, 1.82) is 0 Å². The molecule has 1 aliphatic heterocycles. The van der Waals surface area contributed by atoms with Crippen molar-refractivity contribution in [2.75, 3.05) is 6.54 Å². The number of hydrogen-bond acceptors (Lipinski definition) is 3. The quantitative estimate of drug-likeness (QED) is 0.779. The summed E-state index contributed by atoms with van der Waals surface area (Å²) < 4.78 is 5.45. The molecule has 1 saturated carbocycles. The van der Waals surface area contributed by atoms with Crippen molar-refractivity contribution in [3.05, 3.63) is 0 Å². The molecule has 0 radical (unpaired) electrons. The summed E-state index contributed by atoms with van der Waals surface area (Å²) in [6, 6.07) is -0.261. The molecule has 2 atom stereocenters. The SMILES string of the molecule is C[C@H]1C[C@@H](C(=O)C2CCCC2)N(C(=O)OC(C)(C)C)C1. The highest BCUT2D eigenvalue weighted by Crippen LogP contribution is 2.33. The predicted molar refractivity (Wildman–Crippen MR) is 77.5 cm³/mol. The van der Waals surface area contributed by atoms with E-state index < -0.39 is 5.60 Å². The van der Waals surface area contributed by atoms with Gasteiger partial charge in [-0.1, -0.05) is 19.8 Å². The van der Waals surface area contributed by atoms with Gasteiger partial charge in [-0.3, -0.25) is 9.69 Å². The summed E-state index contributed by atoms with van der Waals surface area (Å²) in [5.41, 5.74) is -0.510. The number of nitrogens with zero attached hydrogens (tertiary/aromatic N) is 1. The number of rotatable bonds is 2. The van der Waals surface area contributed by atoms with Crippen molar-refractivity contribution in [3.8, 4) is 0 Å². The van der Waals surface area contributed by atoms with E-state index in [-0.39, 0.29) is 23.8 Å². The Hall–Kier alpha value is -1.06. The molecule has 2 fully saturated rings. The molecule has 0 aromatic carbocycles. The van der Waals surface area contributed by atoms with Gasteiger partial charge >= 0.3 is 6.09 Å². The van der Waals surface area contributed by atoms with Gasteiger partial charge in [0.05, 0.1) is 6.04 Å². The van der Waals surface area contributed by atoms with Gasteiger partial charge in [0.2, 0.25) is 0 Å². The zero-order chi connectivity index (χ0) is 14.9. The number of amides is 1. The van der Waals surface area contributed by atoms with Crippen molar-refractivity contribution >= 4 is 11.9 Å². The predicted octanol–water partition coefficient (Wildman–Crippen LogP) is 3.39. The van der Waals surface area contributed by atoms with E-state index in [2.05, 4.69) is 6.92 Å². The Kier molecular flexibility index (Phi) is 4.40. The van der Waals surface area contributed by atoms with Crippen molar-refractivity contribution in [3.63, 3.8) is 0 Å². The third-order valence-corrected chi connectivity index (χ3v) is 4.22. The number of likely N-dealkylation sites (tertiary alicyclic amines) is 1.